The van der Waals surface area contributed by atoms with Crippen LogP contribution in [0.4, 0.5) is 0 Å². The SMILES string of the molecule is C[C@@H]1C(=O)C2Oc3c(O)ccc4c3C23CCN(CC2CC2)C(C4)C3[C@H]1C. The Morgan fingerprint density at radius 3 is 2.88 bits per heavy atom. The van der Waals surface area contributed by atoms with Gasteiger partial charge in [-0.15, -0.1) is 0 Å². The maximum absolute atomic E-state index is 13.2. The second-order valence-electron chi connectivity index (χ2n) is 9.52. The third kappa shape index (κ3) is 1.68. The van der Waals surface area contributed by atoms with E-state index in [0.29, 0.717) is 23.6 Å². The third-order valence-electron chi connectivity index (χ3n) is 8.36. The van der Waals surface area contributed by atoms with E-state index in [1.807, 2.05) is 0 Å². The fourth-order valence-corrected chi connectivity index (χ4v) is 6.88. The van der Waals surface area contributed by atoms with Crippen LogP contribution in [-0.4, -0.2) is 41.0 Å². The number of phenols is 1. The highest BCUT2D eigenvalue weighted by atomic mass is 16.5. The summed E-state index contributed by atoms with van der Waals surface area (Å²) in [6.07, 6.45) is 4.38. The predicted molar refractivity (Wildman–Crippen MR) is 97.4 cm³/mol. The number of carbonyl (C=O) groups excluding carboxylic acids is 1. The lowest BCUT2D eigenvalue weighted by Crippen LogP contribution is -2.69. The Hall–Kier alpha value is -1.55. The smallest absolute Gasteiger partial charge is 0.177 e. The van der Waals surface area contributed by atoms with E-state index in [-0.39, 0.29) is 22.9 Å². The fourth-order valence-electron chi connectivity index (χ4n) is 6.88. The van der Waals surface area contributed by atoms with E-state index in [1.165, 1.54) is 30.5 Å². The van der Waals surface area contributed by atoms with Crippen LogP contribution < -0.4 is 4.74 Å². The molecule has 2 bridgehead atoms. The largest absolute Gasteiger partial charge is 0.504 e. The molecule has 1 spiro atoms. The van der Waals surface area contributed by atoms with Crippen LogP contribution in [0.5, 0.6) is 11.5 Å². The van der Waals surface area contributed by atoms with Crippen molar-refractivity contribution in [3.05, 3.63) is 23.3 Å². The van der Waals surface area contributed by atoms with Gasteiger partial charge in [-0.2, -0.15) is 0 Å². The van der Waals surface area contributed by atoms with E-state index in [0.717, 1.165) is 25.3 Å². The quantitative estimate of drug-likeness (QED) is 0.888. The number of hydrogen-bond donors (Lipinski definition) is 1. The van der Waals surface area contributed by atoms with Gasteiger partial charge in [0.2, 0.25) is 0 Å². The monoisotopic (exact) mass is 353 g/mol. The van der Waals surface area contributed by atoms with Crippen LogP contribution in [0.3, 0.4) is 0 Å². The molecule has 4 heteroatoms. The first-order valence-electron chi connectivity index (χ1n) is 10.3. The van der Waals surface area contributed by atoms with Crippen molar-refractivity contribution in [3.8, 4) is 11.5 Å². The lowest BCUT2D eigenvalue weighted by molar-refractivity contribution is -0.151. The maximum Gasteiger partial charge on any atom is 0.177 e. The number of carbonyl (C=O) groups is 1. The molecule has 1 N–H and O–H groups in total. The number of ketones is 1. The van der Waals surface area contributed by atoms with Crippen molar-refractivity contribution in [2.24, 2.45) is 23.7 Å². The second kappa shape index (κ2) is 4.83. The molecule has 1 saturated heterocycles. The number of aromatic hydroxyl groups is 1. The Bertz CT molecular complexity index is 816. The number of likely N-dealkylation sites (tertiary alicyclic amines) is 1. The van der Waals surface area contributed by atoms with Crippen molar-refractivity contribution in [1.82, 2.24) is 4.90 Å². The van der Waals surface area contributed by atoms with E-state index in [4.69, 9.17) is 4.74 Å². The van der Waals surface area contributed by atoms with Gasteiger partial charge >= 0.3 is 0 Å². The molecule has 26 heavy (non-hydrogen) atoms. The molecule has 1 aromatic rings. The minimum atomic E-state index is -0.397. The molecule has 0 aromatic heterocycles. The van der Waals surface area contributed by atoms with E-state index in [1.54, 1.807) is 6.07 Å². The van der Waals surface area contributed by atoms with E-state index >= 15 is 0 Å². The molecule has 3 aliphatic carbocycles. The molecule has 6 atom stereocenters. The summed E-state index contributed by atoms with van der Waals surface area (Å²) in [5, 5.41) is 10.5. The third-order valence-corrected chi connectivity index (χ3v) is 8.36. The Morgan fingerprint density at radius 1 is 1.31 bits per heavy atom. The second-order valence-corrected chi connectivity index (χ2v) is 9.52. The van der Waals surface area contributed by atoms with Gasteiger partial charge in [-0.05, 0) is 61.6 Å². The van der Waals surface area contributed by atoms with Crippen molar-refractivity contribution in [3.63, 3.8) is 0 Å². The minimum absolute atomic E-state index is 0.0273. The molecule has 0 radical (unpaired) electrons. The molecule has 5 aliphatic rings. The maximum atomic E-state index is 13.2. The summed E-state index contributed by atoms with van der Waals surface area (Å²) >= 11 is 0. The number of phenolic OH excluding ortho intramolecular Hbond substituents is 1. The lowest BCUT2D eigenvalue weighted by Gasteiger charge is -2.61. The highest BCUT2D eigenvalue weighted by molar-refractivity contribution is 5.91. The number of hydrogen-bond acceptors (Lipinski definition) is 4. The molecule has 6 rings (SSSR count). The summed E-state index contributed by atoms with van der Waals surface area (Å²) in [5.41, 5.74) is 2.27. The van der Waals surface area contributed by atoms with Gasteiger partial charge in [0.05, 0.1) is 0 Å². The summed E-state index contributed by atoms with van der Waals surface area (Å²) in [4.78, 5) is 16.0. The number of rotatable bonds is 2. The number of nitrogens with zero attached hydrogens (tertiary/aromatic N) is 1. The number of ether oxygens (including phenoxy) is 1. The summed E-state index contributed by atoms with van der Waals surface area (Å²) in [6, 6.07) is 4.35. The van der Waals surface area contributed by atoms with Gasteiger partial charge in [-0.25, -0.2) is 0 Å². The summed E-state index contributed by atoms with van der Waals surface area (Å²) < 4.78 is 6.25. The van der Waals surface area contributed by atoms with Crippen LogP contribution in [0.1, 0.15) is 44.2 Å². The normalized spacial score (nSPS) is 43.2. The molecule has 0 amide bonds. The molecule has 1 aromatic carbocycles. The van der Waals surface area contributed by atoms with Gasteiger partial charge < -0.3 is 9.84 Å². The number of benzene rings is 1. The van der Waals surface area contributed by atoms with E-state index < -0.39 is 6.10 Å². The highest BCUT2D eigenvalue weighted by Gasteiger charge is 2.69. The summed E-state index contributed by atoms with van der Waals surface area (Å²) in [6.45, 7) is 6.64. The Balaban J connectivity index is 1.56. The molecule has 3 fully saturated rings. The standard InChI is InChI=1S/C22H27NO3/c1-11-12(2)19(25)21-22-7-8-23(10-13-3-4-13)15(17(11)22)9-14-5-6-16(24)20(26-21)18(14)22/h5-6,11-13,15,17,21,24H,3-4,7-10H2,1-2H3/t11-,12-,15?,17?,21?,22?/m0/s1. The zero-order valence-corrected chi connectivity index (χ0v) is 15.6. The fraction of sp³-hybridized carbons (Fsp3) is 0.682. The first-order valence-corrected chi connectivity index (χ1v) is 10.3. The molecule has 138 valence electrons. The van der Waals surface area contributed by atoms with Crippen LogP contribution in [-0.2, 0) is 16.6 Å². The van der Waals surface area contributed by atoms with Crippen LogP contribution in [0.25, 0.3) is 0 Å². The molecule has 2 saturated carbocycles. The van der Waals surface area contributed by atoms with Crippen molar-refractivity contribution in [2.75, 3.05) is 13.1 Å². The molecule has 2 aliphatic heterocycles. The zero-order valence-electron chi connectivity index (χ0n) is 15.6. The molecular weight excluding hydrogens is 326 g/mol. The highest BCUT2D eigenvalue weighted by Crippen LogP contribution is 2.65. The van der Waals surface area contributed by atoms with Crippen LogP contribution >= 0.6 is 0 Å². The average Bonchev–Trinajstić information content (AvgIpc) is 3.38. The first kappa shape index (κ1) is 15.5. The van der Waals surface area contributed by atoms with Crippen LogP contribution in [0.2, 0.25) is 0 Å². The van der Waals surface area contributed by atoms with Gasteiger partial charge in [0.25, 0.3) is 0 Å². The van der Waals surface area contributed by atoms with Crippen molar-refractivity contribution < 1.29 is 14.6 Å². The van der Waals surface area contributed by atoms with Crippen molar-refractivity contribution in [1.29, 1.82) is 0 Å². The minimum Gasteiger partial charge on any atom is -0.504 e. The van der Waals surface area contributed by atoms with Gasteiger partial charge in [0, 0.05) is 29.5 Å². The molecule has 4 unspecified atom stereocenters. The Kier molecular flexibility index (Phi) is 2.88. The predicted octanol–water partition coefficient (Wildman–Crippen LogP) is 2.90. The van der Waals surface area contributed by atoms with Gasteiger partial charge in [-0.1, -0.05) is 19.9 Å². The molecule has 2 heterocycles. The summed E-state index contributed by atoms with van der Waals surface area (Å²) in [7, 11) is 0. The molecule has 4 nitrogen and oxygen atoms in total. The van der Waals surface area contributed by atoms with Crippen LogP contribution in [0.15, 0.2) is 12.1 Å². The van der Waals surface area contributed by atoms with Crippen molar-refractivity contribution in [2.45, 2.75) is 57.1 Å². The topological polar surface area (TPSA) is 49.8 Å². The van der Waals surface area contributed by atoms with Crippen LogP contribution in [0, 0.1) is 23.7 Å². The van der Waals surface area contributed by atoms with Gasteiger partial charge in [0.15, 0.2) is 23.4 Å². The number of piperidine rings is 1. The van der Waals surface area contributed by atoms with E-state index in [2.05, 4.69) is 24.8 Å². The molecular formula is C22H27NO3. The lowest BCUT2D eigenvalue weighted by atomic mass is 9.47. The van der Waals surface area contributed by atoms with Gasteiger partial charge in [-0.3, -0.25) is 9.69 Å². The number of Topliss-reactive ketones (excluding diaryl/α,β-unsaturated/α-hetero) is 1. The average molecular weight is 353 g/mol. The Labute approximate surface area is 154 Å². The zero-order chi connectivity index (χ0) is 17.8. The van der Waals surface area contributed by atoms with Gasteiger partial charge in [0.1, 0.15) is 0 Å². The summed E-state index contributed by atoms with van der Waals surface area (Å²) in [5.74, 6) is 2.78. The van der Waals surface area contributed by atoms with Crippen molar-refractivity contribution >= 4 is 5.78 Å². The Morgan fingerprint density at radius 2 is 2.12 bits per heavy atom. The first-order chi connectivity index (χ1) is 12.5. The van der Waals surface area contributed by atoms with E-state index in [9.17, 15) is 9.90 Å².